The van der Waals surface area contributed by atoms with Crippen molar-refractivity contribution in [2.24, 2.45) is 16.6 Å². The molecule has 42 heavy (non-hydrogen) atoms. The number of amides is 2. The number of nitrogens with two attached hydrogens (primary N) is 1. The van der Waals surface area contributed by atoms with Gasteiger partial charge in [0.2, 0.25) is 0 Å². The summed E-state index contributed by atoms with van der Waals surface area (Å²) in [5, 5.41) is 3.31. The van der Waals surface area contributed by atoms with E-state index in [1.807, 2.05) is 4.90 Å². The number of carbonyl (C=O) groups is 4. The van der Waals surface area contributed by atoms with Gasteiger partial charge in [0.05, 0.1) is 32.2 Å². The van der Waals surface area contributed by atoms with Gasteiger partial charge in [-0.15, -0.1) is 0 Å². The number of nitrogens with zero attached hydrogens (tertiary/aromatic N) is 4. The van der Waals surface area contributed by atoms with Gasteiger partial charge in [-0.2, -0.15) is 4.99 Å². The fourth-order valence-electron chi connectivity index (χ4n) is 5.66. The lowest BCUT2D eigenvalue weighted by Crippen LogP contribution is -2.55. The molecule has 3 N–H and O–H groups in total. The molecular formula is C28H48N6O8. The Hall–Kier alpha value is -2.97. The third kappa shape index (κ3) is 9.80. The van der Waals surface area contributed by atoms with Crippen molar-refractivity contribution < 1.29 is 38.1 Å². The number of cyclic esters (lactones) is 1. The second-order valence-corrected chi connectivity index (χ2v) is 11.8. The summed E-state index contributed by atoms with van der Waals surface area (Å²) in [5.74, 6) is -0.803. The number of rotatable bonds is 11. The molecule has 14 heteroatoms. The first-order valence-corrected chi connectivity index (χ1v) is 15.0. The van der Waals surface area contributed by atoms with Gasteiger partial charge in [-0.25, -0.2) is 9.59 Å². The van der Waals surface area contributed by atoms with Crippen LogP contribution in [0.3, 0.4) is 0 Å². The Morgan fingerprint density at radius 3 is 2.31 bits per heavy atom. The van der Waals surface area contributed by atoms with E-state index in [-0.39, 0.29) is 31.4 Å². The topological polar surface area (TPSA) is 165 Å². The fraction of sp³-hybridized carbons (Fsp3) is 0.821. The van der Waals surface area contributed by atoms with Crippen LogP contribution in [0.25, 0.3) is 0 Å². The molecule has 0 radical (unpaired) electrons. The summed E-state index contributed by atoms with van der Waals surface area (Å²) in [5.41, 5.74) is 5.66. The number of hydrogen-bond donors (Lipinski definition) is 2. The van der Waals surface area contributed by atoms with Crippen molar-refractivity contribution >= 4 is 30.0 Å². The largest absolute Gasteiger partial charge is 0.466 e. The highest BCUT2D eigenvalue weighted by molar-refractivity contribution is 5.96. The first-order valence-electron chi connectivity index (χ1n) is 15.0. The molecule has 3 rings (SSSR count). The van der Waals surface area contributed by atoms with Crippen LogP contribution in [0, 0.1) is 5.92 Å². The highest BCUT2D eigenvalue weighted by Gasteiger charge is 2.43. The first kappa shape index (κ1) is 33.5. The fourth-order valence-corrected chi connectivity index (χ4v) is 5.66. The van der Waals surface area contributed by atoms with Gasteiger partial charge < -0.3 is 30.0 Å². The van der Waals surface area contributed by atoms with Crippen molar-refractivity contribution in [1.82, 2.24) is 20.0 Å². The zero-order valence-electron chi connectivity index (χ0n) is 25.6. The van der Waals surface area contributed by atoms with Crippen molar-refractivity contribution in [3.8, 4) is 0 Å². The van der Waals surface area contributed by atoms with Crippen molar-refractivity contribution in [2.75, 3.05) is 65.6 Å². The number of piperidine rings is 1. The third-order valence-corrected chi connectivity index (χ3v) is 7.52. The maximum absolute atomic E-state index is 13.1. The molecule has 3 aliphatic heterocycles. The summed E-state index contributed by atoms with van der Waals surface area (Å²) in [6.07, 6.45) is -0.182. The molecule has 238 valence electrons. The molecule has 0 aromatic heterocycles. The Morgan fingerprint density at radius 2 is 1.71 bits per heavy atom. The first-order chi connectivity index (χ1) is 19.9. The molecule has 2 amide bonds. The number of esters is 2. The van der Waals surface area contributed by atoms with Crippen LogP contribution in [0.1, 0.15) is 53.9 Å². The summed E-state index contributed by atoms with van der Waals surface area (Å²) in [7, 11) is 0. The van der Waals surface area contributed by atoms with E-state index in [0.29, 0.717) is 39.3 Å². The monoisotopic (exact) mass is 596 g/mol. The van der Waals surface area contributed by atoms with Crippen LogP contribution < -0.4 is 11.1 Å². The Bertz CT molecular complexity index is 972. The molecule has 0 bridgehead atoms. The molecule has 0 saturated carbocycles. The van der Waals surface area contributed by atoms with Crippen LogP contribution in [0.5, 0.6) is 0 Å². The second-order valence-electron chi connectivity index (χ2n) is 11.8. The van der Waals surface area contributed by atoms with E-state index in [1.54, 1.807) is 39.5 Å². The van der Waals surface area contributed by atoms with Crippen molar-refractivity contribution in [1.29, 1.82) is 0 Å². The number of hydrogen-bond acceptors (Lipinski definition) is 11. The highest BCUT2D eigenvalue weighted by Crippen LogP contribution is 2.27. The van der Waals surface area contributed by atoms with Crippen LogP contribution >= 0.6 is 0 Å². The number of amidine groups is 1. The number of piperazine rings is 1. The van der Waals surface area contributed by atoms with Gasteiger partial charge >= 0.3 is 24.1 Å². The van der Waals surface area contributed by atoms with Gasteiger partial charge in [0, 0.05) is 32.7 Å². The summed E-state index contributed by atoms with van der Waals surface area (Å²) in [4.78, 5) is 60.0. The number of nitrogens with one attached hydrogen (secondary N) is 1. The summed E-state index contributed by atoms with van der Waals surface area (Å²) in [6.45, 7) is 13.9. The average molecular weight is 597 g/mol. The Morgan fingerprint density at radius 1 is 1.07 bits per heavy atom. The van der Waals surface area contributed by atoms with Gasteiger partial charge in [0.1, 0.15) is 23.6 Å². The van der Waals surface area contributed by atoms with Gasteiger partial charge in [-0.05, 0) is 66.5 Å². The minimum Gasteiger partial charge on any atom is -0.466 e. The van der Waals surface area contributed by atoms with Crippen molar-refractivity contribution in [3.63, 3.8) is 0 Å². The summed E-state index contributed by atoms with van der Waals surface area (Å²) in [6, 6.07) is -1.29. The van der Waals surface area contributed by atoms with Gasteiger partial charge in [0.15, 0.2) is 0 Å². The third-order valence-electron chi connectivity index (χ3n) is 7.52. The summed E-state index contributed by atoms with van der Waals surface area (Å²) < 4.78 is 21.4. The van der Waals surface area contributed by atoms with E-state index in [9.17, 15) is 19.2 Å². The standard InChI is InChI=1S/C28H48N6O8/c1-6-39-22(35)16-21(25(36)40-7-2)33-14-12-32(13-15-33)17-20-18-34(27(38)41-20)23(19-8-10-30-11-9-19)24(29)31-26(37)42-28(3,4)5/h19-21,23,30H,6-18H2,1-5H3,(H2,29,31,37). The van der Waals surface area contributed by atoms with E-state index in [1.165, 1.54) is 0 Å². The average Bonchev–Trinajstić information content (AvgIpc) is 3.26. The molecule has 3 fully saturated rings. The lowest BCUT2D eigenvalue weighted by Gasteiger charge is -2.38. The maximum atomic E-state index is 13.1. The molecule has 0 aromatic rings. The normalized spacial score (nSPS) is 22.8. The molecule has 0 aliphatic carbocycles. The molecule has 3 heterocycles. The second kappa shape index (κ2) is 15.5. The van der Waals surface area contributed by atoms with E-state index >= 15 is 0 Å². The molecule has 3 atom stereocenters. The lowest BCUT2D eigenvalue weighted by atomic mass is 9.88. The number of carbonyl (C=O) groups excluding carboxylic acids is 4. The molecule has 14 nitrogen and oxygen atoms in total. The van der Waals surface area contributed by atoms with Crippen LogP contribution in [0.2, 0.25) is 0 Å². The predicted molar refractivity (Wildman–Crippen MR) is 154 cm³/mol. The molecule has 3 unspecified atom stereocenters. The molecular weight excluding hydrogens is 548 g/mol. The van der Waals surface area contributed by atoms with Crippen molar-refractivity contribution in [3.05, 3.63) is 0 Å². The number of ether oxygens (including phenoxy) is 4. The van der Waals surface area contributed by atoms with E-state index in [2.05, 4.69) is 15.2 Å². The van der Waals surface area contributed by atoms with Crippen LogP contribution in [0.15, 0.2) is 4.99 Å². The molecule has 0 spiro atoms. The zero-order chi connectivity index (χ0) is 30.9. The van der Waals surface area contributed by atoms with E-state index in [0.717, 1.165) is 25.9 Å². The number of aliphatic imine (C=N–C) groups is 1. The van der Waals surface area contributed by atoms with Gasteiger partial charge in [-0.3, -0.25) is 24.3 Å². The Kier molecular flexibility index (Phi) is 12.4. The van der Waals surface area contributed by atoms with E-state index in [4.69, 9.17) is 24.7 Å². The summed E-state index contributed by atoms with van der Waals surface area (Å²) >= 11 is 0. The van der Waals surface area contributed by atoms with Crippen molar-refractivity contribution in [2.45, 2.75) is 77.7 Å². The SMILES string of the molecule is CCOC(=O)CC(C(=O)OCC)N1CCN(CC2CN(C(C(N)=NC(=O)OC(C)(C)C)C3CCNCC3)C(=O)O2)CC1. The van der Waals surface area contributed by atoms with E-state index < -0.39 is 47.9 Å². The smallest absolute Gasteiger partial charge is 0.435 e. The van der Waals surface area contributed by atoms with Crippen LogP contribution in [-0.2, 0) is 28.5 Å². The molecule has 3 saturated heterocycles. The van der Waals surface area contributed by atoms with Crippen LogP contribution in [0.4, 0.5) is 9.59 Å². The maximum Gasteiger partial charge on any atom is 0.435 e. The quantitative estimate of drug-likeness (QED) is 0.150. The Balaban J connectivity index is 1.63. The highest BCUT2D eigenvalue weighted by atomic mass is 16.6. The zero-order valence-corrected chi connectivity index (χ0v) is 25.6. The van der Waals surface area contributed by atoms with Gasteiger partial charge in [-0.1, -0.05) is 0 Å². The van der Waals surface area contributed by atoms with Crippen LogP contribution in [-0.4, -0.2) is 134 Å². The Labute approximate surface area is 248 Å². The minimum atomic E-state index is -0.787. The predicted octanol–water partition coefficient (Wildman–Crippen LogP) is 0.970. The molecule has 3 aliphatic rings. The molecule has 0 aromatic carbocycles. The van der Waals surface area contributed by atoms with Gasteiger partial charge in [0.25, 0.3) is 0 Å². The lowest BCUT2D eigenvalue weighted by molar-refractivity contribution is -0.157. The minimum absolute atomic E-state index is 0.0199.